The van der Waals surface area contributed by atoms with Crippen molar-refractivity contribution in [1.29, 1.82) is 0 Å². The number of carbonyl (C=O) groups excluding carboxylic acids is 1. The maximum Gasteiger partial charge on any atom is 0.242 e. The molecule has 2 aromatic rings. The Balaban J connectivity index is 1.53. The molecular formula is C19H22ClN3O2. The Morgan fingerprint density at radius 1 is 1.24 bits per heavy atom. The second kappa shape index (κ2) is 7.85. The fraction of sp³-hybridized carbons (Fsp3) is 0.368. The molecule has 132 valence electrons. The Bertz CT molecular complexity index is 710. The number of hydrogen-bond donors (Lipinski definition) is 2. The van der Waals surface area contributed by atoms with Crippen molar-refractivity contribution in [3.05, 3.63) is 53.2 Å². The third-order valence-corrected chi connectivity index (χ3v) is 5.02. The number of carbonyl (C=O) groups is 1. The highest BCUT2D eigenvalue weighted by Gasteiger charge is 2.27. The number of phenols is 1. The van der Waals surface area contributed by atoms with Crippen molar-refractivity contribution in [3.8, 4) is 5.75 Å². The van der Waals surface area contributed by atoms with Gasteiger partial charge in [0.25, 0.3) is 0 Å². The van der Waals surface area contributed by atoms with Crippen LogP contribution in [0.2, 0.25) is 5.02 Å². The van der Waals surface area contributed by atoms with Crippen LogP contribution in [0.3, 0.4) is 0 Å². The summed E-state index contributed by atoms with van der Waals surface area (Å²) in [5.74, 6) is 1.23. The summed E-state index contributed by atoms with van der Waals surface area (Å²) in [5, 5.41) is 12.8. The Kier molecular flexibility index (Phi) is 5.56. The molecule has 1 aliphatic heterocycles. The van der Waals surface area contributed by atoms with Crippen molar-refractivity contribution in [2.45, 2.75) is 31.7 Å². The van der Waals surface area contributed by atoms with Gasteiger partial charge in [-0.05, 0) is 68.6 Å². The molecule has 1 amide bonds. The number of aromatic nitrogens is 1. The highest BCUT2D eigenvalue weighted by atomic mass is 35.5. The standard InChI is InChI=1S/C19H22ClN3O2/c1-13(19(25)22-18-7-4-16(20)12-21-18)23-10-8-15(9-11-23)14-2-5-17(24)6-3-14/h2-7,12-13,15,24H,8-11H2,1H3,(H,21,22,25). The molecule has 25 heavy (non-hydrogen) atoms. The smallest absolute Gasteiger partial charge is 0.242 e. The number of aromatic hydroxyl groups is 1. The van der Waals surface area contributed by atoms with Crippen LogP contribution in [-0.2, 0) is 4.79 Å². The van der Waals surface area contributed by atoms with Gasteiger partial charge in [-0.3, -0.25) is 9.69 Å². The van der Waals surface area contributed by atoms with E-state index in [9.17, 15) is 9.90 Å². The van der Waals surface area contributed by atoms with Crippen molar-refractivity contribution in [1.82, 2.24) is 9.88 Å². The first-order valence-electron chi connectivity index (χ1n) is 8.48. The van der Waals surface area contributed by atoms with E-state index >= 15 is 0 Å². The summed E-state index contributed by atoms with van der Waals surface area (Å²) in [6, 6.07) is 10.6. The van der Waals surface area contributed by atoms with E-state index in [0.29, 0.717) is 22.5 Å². The zero-order valence-corrected chi connectivity index (χ0v) is 14.9. The summed E-state index contributed by atoms with van der Waals surface area (Å²) in [5.41, 5.74) is 1.25. The number of hydrogen-bond acceptors (Lipinski definition) is 4. The van der Waals surface area contributed by atoms with E-state index in [1.165, 1.54) is 11.8 Å². The van der Waals surface area contributed by atoms with Gasteiger partial charge in [0.2, 0.25) is 5.91 Å². The minimum Gasteiger partial charge on any atom is -0.508 e. The molecule has 0 bridgehead atoms. The van der Waals surface area contributed by atoms with Gasteiger partial charge in [0.1, 0.15) is 11.6 Å². The molecule has 6 heteroatoms. The average molecular weight is 360 g/mol. The highest BCUT2D eigenvalue weighted by molar-refractivity contribution is 6.30. The summed E-state index contributed by atoms with van der Waals surface area (Å²) in [4.78, 5) is 18.7. The fourth-order valence-corrected chi connectivity index (χ4v) is 3.32. The van der Waals surface area contributed by atoms with E-state index in [2.05, 4.69) is 15.2 Å². The second-order valence-electron chi connectivity index (χ2n) is 6.43. The van der Waals surface area contributed by atoms with Crippen molar-refractivity contribution >= 4 is 23.3 Å². The number of benzene rings is 1. The van der Waals surface area contributed by atoms with E-state index in [0.717, 1.165) is 25.9 Å². The third kappa shape index (κ3) is 4.50. The van der Waals surface area contributed by atoms with Crippen LogP contribution in [0.1, 0.15) is 31.2 Å². The molecule has 0 spiro atoms. The first-order chi connectivity index (χ1) is 12.0. The van der Waals surface area contributed by atoms with Gasteiger partial charge in [-0.25, -0.2) is 4.98 Å². The van der Waals surface area contributed by atoms with Gasteiger partial charge >= 0.3 is 0 Å². The van der Waals surface area contributed by atoms with Gasteiger partial charge in [0, 0.05) is 6.20 Å². The number of phenolic OH excluding ortho intramolecular Hbond substituents is 1. The molecule has 1 aliphatic rings. The van der Waals surface area contributed by atoms with Gasteiger partial charge < -0.3 is 10.4 Å². The predicted octanol–water partition coefficient (Wildman–Crippen LogP) is 3.65. The van der Waals surface area contributed by atoms with E-state index in [1.807, 2.05) is 19.1 Å². The Morgan fingerprint density at radius 3 is 2.52 bits per heavy atom. The largest absolute Gasteiger partial charge is 0.508 e. The first kappa shape index (κ1) is 17.7. The summed E-state index contributed by atoms with van der Waals surface area (Å²) >= 11 is 5.81. The van der Waals surface area contributed by atoms with Crippen LogP contribution < -0.4 is 5.32 Å². The van der Waals surface area contributed by atoms with Crippen LogP contribution >= 0.6 is 11.6 Å². The molecule has 1 aromatic heterocycles. The Hall–Kier alpha value is -2.11. The van der Waals surface area contributed by atoms with Gasteiger partial charge in [-0.2, -0.15) is 0 Å². The molecule has 1 saturated heterocycles. The van der Waals surface area contributed by atoms with Crippen LogP contribution in [0, 0.1) is 0 Å². The van der Waals surface area contributed by atoms with Crippen LogP contribution in [-0.4, -0.2) is 40.0 Å². The van der Waals surface area contributed by atoms with Gasteiger partial charge in [-0.1, -0.05) is 23.7 Å². The van der Waals surface area contributed by atoms with Crippen LogP contribution in [0.4, 0.5) is 5.82 Å². The predicted molar refractivity (Wildman–Crippen MR) is 99.0 cm³/mol. The Labute approximate surface area is 152 Å². The quantitative estimate of drug-likeness (QED) is 0.874. The van der Waals surface area contributed by atoms with Crippen LogP contribution in [0.5, 0.6) is 5.75 Å². The number of halogens is 1. The molecule has 2 N–H and O–H groups in total. The van der Waals surface area contributed by atoms with Crippen LogP contribution in [0.15, 0.2) is 42.6 Å². The molecule has 1 fully saturated rings. The molecule has 5 nitrogen and oxygen atoms in total. The lowest BCUT2D eigenvalue weighted by Gasteiger charge is -2.35. The number of piperidine rings is 1. The monoisotopic (exact) mass is 359 g/mol. The SMILES string of the molecule is CC(C(=O)Nc1ccc(Cl)cn1)N1CCC(c2ccc(O)cc2)CC1. The van der Waals surface area contributed by atoms with E-state index in [1.54, 1.807) is 24.3 Å². The van der Waals surface area contributed by atoms with Crippen LogP contribution in [0.25, 0.3) is 0 Å². The molecule has 1 unspecified atom stereocenters. The van der Waals surface area contributed by atoms with Gasteiger partial charge in [0.15, 0.2) is 0 Å². The lowest BCUT2D eigenvalue weighted by molar-refractivity contribution is -0.121. The minimum atomic E-state index is -0.210. The normalized spacial score (nSPS) is 17.2. The lowest BCUT2D eigenvalue weighted by Crippen LogP contribution is -2.45. The van der Waals surface area contributed by atoms with Gasteiger partial charge in [-0.15, -0.1) is 0 Å². The number of pyridine rings is 1. The molecule has 1 atom stereocenters. The molecule has 0 radical (unpaired) electrons. The molecular weight excluding hydrogens is 338 g/mol. The van der Waals surface area contributed by atoms with Crippen molar-refractivity contribution in [2.24, 2.45) is 0 Å². The number of amides is 1. The van der Waals surface area contributed by atoms with E-state index in [4.69, 9.17) is 11.6 Å². The number of anilines is 1. The fourth-order valence-electron chi connectivity index (χ4n) is 3.21. The number of nitrogens with zero attached hydrogens (tertiary/aromatic N) is 2. The topological polar surface area (TPSA) is 65.5 Å². The summed E-state index contributed by atoms with van der Waals surface area (Å²) in [7, 11) is 0. The summed E-state index contributed by atoms with van der Waals surface area (Å²) in [6.45, 7) is 3.66. The average Bonchev–Trinajstić information content (AvgIpc) is 2.64. The zero-order valence-electron chi connectivity index (χ0n) is 14.2. The van der Waals surface area contributed by atoms with E-state index in [-0.39, 0.29) is 11.9 Å². The molecule has 1 aromatic carbocycles. The number of rotatable bonds is 4. The molecule has 0 saturated carbocycles. The lowest BCUT2D eigenvalue weighted by atomic mass is 9.89. The number of nitrogens with one attached hydrogen (secondary N) is 1. The van der Waals surface area contributed by atoms with Crippen molar-refractivity contribution < 1.29 is 9.90 Å². The first-order valence-corrected chi connectivity index (χ1v) is 8.86. The van der Waals surface area contributed by atoms with Crippen molar-refractivity contribution in [2.75, 3.05) is 18.4 Å². The maximum atomic E-state index is 12.4. The molecule has 0 aliphatic carbocycles. The van der Waals surface area contributed by atoms with Crippen molar-refractivity contribution in [3.63, 3.8) is 0 Å². The minimum absolute atomic E-state index is 0.0575. The summed E-state index contributed by atoms with van der Waals surface area (Å²) < 4.78 is 0. The molecule has 3 rings (SSSR count). The third-order valence-electron chi connectivity index (χ3n) is 4.80. The van der Waals surface area contributed by atoms with E-state index < -0.39 is 0 Å². The Morgan fingerprint density at radius 2 is 1.92 bits per heavy atom. The number of likely N-dealkylation sites (tertiary alicyclic amines) is 1. The second-order valence-corrected chi connectivity index (χ2v) is 6.87. The molecule has 2 heterocycles. The zero-order chi connectivity index (χ0) is 17.8. The van der Waals surface area contributed by atoms with Gasteiger partial charge in [0.05, 0.1) is 11.1 Å². The highest BCUT2D eigenvalue weighted by Crippen LogP contribution is 2.29. The maximum absolute atomic E-state index is 12.4. The summed E-state index contributed by atoms with van der Waals surface area (Å²) in [6.07, 6.45) is 3.52.